The standard InChI is InChI=1S/C21H26N2O4/c1-15-2-7-19(22-12-15)27-13-16-8-10-21(26,11-9-16)14-23-20(25)17-3-5-18(24)6-4-17/h2-7,12,16,24,26H,8-11,13-14H2,1H3,(H,23,25)/t16-,21-. The van der Waals surface area contributed by atoms with E-state index >= 15 is 0 Å². The van der Waals surface area contributed by atoms with E-state index in [0.29, 0.717) is 36.8 Å². The van der Waals surface area contributed by atoms with Gasteiger partial charge >= 0.3 is 0 Å². The maximum absolute atomic E-state index is 12.2. The fraction of sp³-hybridized carbons (Fsp3) is 0.429. The predicted molar refractivity (Wildman–Crippen MR) is 102 cm³/mol. The third-order valence-electron chi connectivity index (χ3n) is 5.09. The fourth-order valence-corrected chi connectivity index (χ4v) is 3.26. The second kappa shape index (κ2) is 8.39. The van der Waals surface area contributed by atoms with Gasteiger partial charge < -0.3 is 20.3 Å². The maximum atomic E-state index is 12.2. The second-order valence-corrected chi connectivity index (χ2v) is 7.38. The van der Waals surface area contributed by atoms with Crippen LogP contribution in [0.5, 0.6) is 11.6 Å². The van der Waals surface area contributed by atoms with Gasteiger partial charge in [-0.05, 0) is 68.4 Å². The van der Waals surface area contributed by atoms with Gasteiger partial charge in [0.25, 0.3) is 5.91 Å². The summed E-state index contributed by atoms with van der Waals surface area (Å²) in [7, 11) is 0. The highest BCUT2D eigenvalue weighted by Gasteiger charge is 2.33. The summed E-state index contributed by atoms with van der Waals surface area (Å²) in [6.45, 7) is 2.80. The fourth-order valence-electron chi connectivity index (χ4n) is 3.26. The Morgan fingerprint density at radius 2 is 1.93 bits per heavy atom. The van der Waals surface area contributed by atoms with Crippen molar-refractivity contribution >= 4 is 5.91 Å². The average molecular weight is 370 g/mol. The SMILES string of the molecule is Cc1ccc(OC[C@H]2CC[C@@](O)(CNC(=O)c3ccc(O)cc3)CC2)nc1. The first-order valence-corrected chi connectivity index (χ1v) is 9.29. The molecule has 3 rings (SSSR count). The zero-order valence-electron chi connectivity index (χ0n) is 15.5. The molecule has 27 heavy (non-hydrogen) atoms. The summed E-state index contributed by atoms with van der Waals surface area (Å²) in [4.78, 5) is 16.4. The number of nitrogens with one attached hydrogen (secondary N) is 1. The van der Waals surface area contributed by atoms with E-state index in [1.54, 1.807) is 18.3 Å². The molecule has 0 radical (unpaired) electrons. The zero-order valence-corrected chi connectivity index (χ0v) is 15.5. The van der Waals surface area contributed by atoms with Crippen LogP contribution < -0.4 is 10.1 Å². The van der Waals surface area contributed by atoms with E-state index in [0.717, 1.165) is 18.4 Å². The number of nitrogens with zero attached hydrogens (tertiary/aromatic N) is 1. The van der Waals surface area contributed by atoms with Gasteiger partial charge in [0, 0.05) is 24.4 Å². The molecule has 1 aliphatic carbocycles. The molecule has 0 aliphatic heterocycles. The van der Waals surface area contributed by atoms with E-state index < -0.39 is 5.60 Å². The third-order valence-corrected chi connectivity index (χ3v) is 5.09. The van der Waals surface area contributed by atoms with Crippen LogP contribution in [0.3, 0.4) is 0 Å². The van der Waals surface area contributed by atoms with Crippen LogP contribution in [0.4, 0.5) is 0 Å². The number of carbonyl (C=O) groups is 1. The van der Waals surface area contributed by atoms with Crippen LogP contribution >= 0.6 is 0 Å². The first-order valence-electron chi connectivity index (χ1n) is 9.29. The van der Waals surface area contributed by atoms with E-state index in [9.17, 15) is 15.0 Å². The van der Waals surface area contributed by atoms with E-state index in [1.807, 2.05) is 19.1 Å². The van der Waals surface area contributed by atoms with Gasteiger partial charge in [-0.3, -0.25) is 4.79 Å². The lowest BCUT2D eigenvalue weighted by molar-refractivity contribution is -0.0131. The molecule has 144 valence electrons. The van der Waals surface area contributed by atoms with Crippen molar-refractivity contribution in [2.45, 2.75) is 38.2 Å². The number of rotatable bonds is 6. The summed E-state index contributed by atoms with van der Waals surface area (Å²) in [6, 6.07) is 9.89. The number of aryl methyl sites for hydroxylation is 1. The molecule has 6 heteroatoms. The summed E-state index contributed by atoms with van der Waals surface area (Å²) in [5, 5.41) is 22.8. The molecule has 1 heterocycles. The third kappa shape index (κ3) is 5.44. The Morgan fingerprint density at radius 1 is 1.22 bits per heavy atom. The number of hydrogen-bond donors (Lipinski definition) is 3. The maximum Gasteiger partial charge on any atom is 0.251 e. The highest BCUT2D eigenvalue weighted by atomic mass is 16.5. The first-order chi connectivity index (χ1) is 12.9. The van der Waals surface area contributed by atoms with Crippen LogP contribution in [0.15, 0.2) is 42.6 Å². The largest absolute Gasteiger partial charge is 0.508 e. The number of benzene rings is 1. The molecular formula is C21H26N2O4. The minimum Gasteiger partial charge on any atom is -0.508 e. The number of aromatic nitrogens is 1. The summed E-state index contributed by atoms with van der Waals surface area (Å²) in [5.41, 5.74) is 0.675. The first kappa shape index (κ1) is 19.2. The molecule has 0 unspecified atom stereocenters. The molecule has 0 bridgehead atoms. The van der Waals surface area contributed by atoms with Crippen molar-refractivity contribution in [2.75, 3.05) is 13.2 Å². The van der Waals surface area contributed by atoms with Crippen molar-refractivity contribution in [2.24, 2.45) is 5.92 Å². The lowest BCUT2D eigenvalue weighted by Gasteiger charge is -2.36. The number of aromatic hydroxyl groups is 1. The van der Waals surface area contributed by atoms with Crippen LogP contribution in [-0.4, -0.2) is 39.9 Å². The Morgan fingerprint density at radius 3 is 2.56 bits per heavy atom. The molecular weight excluding hydrogens is 344 g/mol. The van der Waals surface area contributed by atoms with Crippen molar-refractivity contribution in [1.29, 1.82) is 0 Å². The Kier molecular flexibility index (Phi) is 5.96. The number of ether oxygens (including phenoxy) is 1. The predicted octanol–water partition coefficient (Wildman–Crippen LogP) is 2.83. The van der Waals surface area contributed by atoms with Crippen LogP contribution in [0.25, 0.3) is 0 Å². The summed E-state index contributed by atoms with van der Waals surface area (Å²) in [6.07, 6.45) is 4.72. The molecule has 0 spiro atoms. The van der Waals surface area contributed by atoms with E-state index in [2.05, 4.69) is 10.3 Å². The molecule has 1 aliphatic rings. The number of pyridine rings is 1. The second-order valence-electron chi connectivity index (χ2n) is 7.38. The van der Waals surface area contributed by atoms with Gasteiger partial charge in [-0.2, -0.15) is 0 Å². The van der Waals surface area contributed by atoms with Gasteiger partial charge in [0.2, 0.25) is 5.88 Å². The molecule has 3 N–H and O–H groups in total. The van der Waals surface area contributed by atoms with Crippen molar-refractivity contribution in [3.05, 3.63) is 53.7 Å². The van der Waals surface area contributed by atoms with Crippen LogP contribution in [0.1, 0.15) is 41.6 Å². The monoisotopic (exact) mass is 370 g/mol. The number of carbonyl (C=O) groups excluding carboxylic acids is 1. The molecule has 6 nitrogen and oxygen atoms in total. The van der Waals surface area contributed by atoms with E-state index in [-0.39, 0.29) is 18.2 Å². The van der Waals surface area contributed by atoms with Crippen LogP contribution in [-0.2, 0) is 0 Å². The van der Waals surface area contributed by atoms with Gasteiger partial charge in [0.1, 0.15) is 5.75 Å². The molecule has 1 aromatic carbocycles. The normalized spacial score (nSPS) is 22.2. The smallest absolute Gasteiger partial charge is 0.251 e. The van der Waals surface area contributed by atoms with Crippen molar-refractivity contribution < 1.29 is 19.7 Å². The van der Waals surface area contributed by atoms with Crippen molar-refractivity contribution in [3.63, 3.8) is 0 Å². The summed E-state index contributed by atoms with van der Waals surface area (Å²) < 4.78 is 5.75. The van der Waals surface area contributed by atoms with Crippen molar-refractivity contribution in [1.82, 2.24) is 10.3 Å². The van der Waals surface area contributed by atoms with E-state index in [1.165, 1.54) is 12.1 Å². The molecule has 0 saturated heterocycles. The van der Waals surface area contributed by atoms with Crippen molar-refractivity contribution in [3.8, 4) is 11.6 Å². The van der Waals surface area contributed by atoms with Gasteiger partial charge in [-0.15, -0.1) is 0 Å². The number of hydrogen-bond acceptors (Lipinski definition) is 5. The Labute approximate surface area is 159 Å². The quantitative estimate of drug-likeness (QED) is 0.727. The zero-order chi connectivity index (χ0) is 19.3. The van der Waals surface area contributed by atoms with Gasteiger partial charge in [-0.25, -0.2) is 4.98 Å². The number of phenolic OH excluding ortho intramolecular Hbond substituents is 1. The minimum absolute atomic E-state index is 0.117. The lowest BCUT2D eigenvalue weighted by atomic mass is 9.79. The Hall–Kier alpha value is -2.60. The number of amides is 1. The highest BCUT2D eigenvalue weighted by molar-refractivity contribution is 5.94. The highest BCUT2D eigenvalue weighted by Crippen LogP contribution is 2.32. The molecule has 1 fully saturated rings. The number of aliphatic hydroxyl groups is 1. The van der Waals surface area contributed by atoms with Crippen LogP contribution in [0, 0.1) is 12.8 Å². The minimum atomic E-state index is -0.884. The lowest BCUT2D eigenvalue weighted by Crippen LogP contribution is -2.45. The van der Waals surface area contributed by atoms with Crippen LogP contribution in [0.2, 0.25) is 0 Å². The molecule has 2 aromatic rings. The van der Waals surface area contributed by atoms with Gasteiger partial charge in [0.05, 0.1) is 12.2 Å². The molecule has 1 aromatic heterocycles. The van der Waals surface area contributed by atoms with E-state index in [4.69, 9.17) is 4.74 Å². The van der Waals surface area contributed by atoms with Gasteiger partial charge in [-0.1, -0.05) is 6.07 Å². The topological polar surface area (TPSA) is 91.7 Å². The molecule has 1 saturated carbocycles. The Bertz CT molecular complexity index is 751. The summed E-state index contributed by atoms with van der Waals surface area (Å²) in [5.74, 6) is 0.870. The summed E-state index contributed by atoms with van der Waals surface area (Å²) >= 11 is 0. The molecule has 0 atom stereocenters. The number of phenols is 1. The van der Waals surface area contributed by atoms with Gasteiger partial charge in [0.15, 0.2) is 0 Å². The Balaban J connectivity index is 1.42. The average Bonchev–Trinajstić information content (AvgIpc) is 2.68. The molecule has 1 amide bonds.